The number of aromatic nitrogens is 2. The number of ether oxygens (including phenoxy) is 1. The number of rotatable bonds is 4. The maximum atomic E-state index is 12.3. The second-order valence-corrected chi connectivity index (χ2v) is 5.59. The Kier molecular flexibility index (Phi) is 4.85. The van der Waals surface area contributed by atoms with Gasteiger partial charge in [0.15, 0.2) is 11.5 Å². The van der Waals surface area contributed by atoms with E-state index in [0.29, 0.717) is 24.7 Å². The molecule has 1 aliphatic heterocycles. The summed E-state index contributed by atoms with van der Waals surface area (Å²) in [5, 5.41) is 21.5. The summed E-state index contributed by atoms with van der Waals surface area (Å²) in [5.41, 5.74) is 1.15. The van der Waals surface area contributed by atoms with E-state index >= 15 is 0 Å². The fraction of sp³-hybridized carbons (Fsp3) is 0.312. The first-order valence-corrected chi connectivity index (χ1v) is 7.77. The van der Waals surface area contributed by atoms with Gasteiger partial charge in [0.1, 0.15) is 0 Å². The highest BCUT2D eigenvalue weighted by Crippen LogP contribution is 2.22. The smallest absolute Gasteiger partial charge is 0.276 e. The van der Waals surface area contributed by atoms with Gasteiger partial charge in [-0.25, -0.2) is 0 Å². The van der Waals surface area contributed by atoms with Crippen LogP contribution in [0.3, 0.4) is 0 Å². The maximum Gasteiger partial charge on any atom is 0.276 e. The Morgan fingerprint density at radius 2 is 2.00 bits per heavy atom. The molecule has 1 fully saturated rings. The molecular formula is C16H17N5O4. The Bertz CT molecular complexity index is 788. The first-order chi connectivity index (χ1) is 12.0. The van der Waals surface area contributed by atoms with Crippen LogP contribution in [0.4, 0.5) is 17.2 Å². The molecule has 0 spiro atoms. The van der Waals surface area contributed by atoms with Crippen LogP contribution < -0.4 is 10.2 Å². The molecule has 3 rings (SSSR count). The van der Waals surface area contributed by atoms with E-state index in [2.05, 4.69) is 15.5 Å². The van der Waals surface area contributed by atoms with Crippen LogP contribution in [-0.2, 0) is 4.74 Å². The lowest BCUT2D eigenvalue weighted by Crippen LogP contribution is -2.37. The van der Waals surface area contributed by atoms with Gasteiger partial charge in [0.05, 0.1) is 23.8 Å². The number of hydrogen-bond acceptors (Lipinski definition) is 7. The van der Waals surface area contributed by atoms with Crippen molar-refractivity contribution in [2.45, 2.75) is 6.92 Å². The number of nitrogens with zero attached hydrogens (tertiary/aromatic N) is 4. The normalized spacial score (nSPS) is 14.2. The zero-order chi connectivity index (χ0) is 17.8. The summed E-state index contributed by atoms with van der Waals surface area (Å²) in [5.74, 6) is 0.219. The van der Waals surface area contributed by atoms with E-state index in [1.54, 1.807) is 25.1 Å². The van der Waals surface area contributed by atoms with Crippen molar-refractivity contribution in [2.75, 3.05) is 36.5 Å². The van der Waals surface area contributed by atoms with Crippen molar-refractivity contribution in [3.63, 3.8) is 0 Å². The van der Waals surface area contributed by atoms with E-state index in [9.17, 15) is 14.9 Å². The quantitative estimate of drug-likeness (QED) is 0.665. The summed E-state index contributed by atoms with van der Waals surface area (Å²) in [6.45, 7) is 4.48. The average Bonchev–Trinajstić information content (AvgIpc) is 2.64. The summed E-state index contributed by atoms with van der Waals surface area (Å²) < 4.78 is 5.29. The number of carbonyl (C=O) groups excluding carboxylic acids is 1. The molecule has 0 saturated carbocycles. The van der Waals surface area contributed by atoms with Gasteiger partial charge in [-0.1, -0.05) is 6.07 Å². The highest BCUT2D eigenvalue weighted by Gasteiger charge is 2.16. The lowest BCUT2D eigenvalue weighted by Gasteiger charge is -2.27. The van der Waals surface area contributed by atoms with E-state index in [0.717, 1.165) is 18.7 Å². The molecule has 1 amide bonds. The highest BCUT2D eigenvalue weighted by molar-refractivity contribution is 6.03. The fourth-order valence-electron chi connectivity index (χ4n) is 2.45. The summed E-state index contributed by atoms with van der Waals surface area (Å²) in [6.07, 6.45) is 0. The van der Waals surface area contributed by atoms with Crippen LogP contribution in [0, 0.1) is 17.0 Å². The van der Waals surface area contributed by atoms with Crippen LogP contribution >= 0.6 is 0 Å². The second kappa shape index (κ2) is 7.22. The average molecular weight is 343 g/mol. The number of nitro benzene ring substituents is 1. The van der Waals surface area contributed by atoms with Gasteiger partial charge in [-0.05, 0) is 24.6 Å². The third-order valence-corrected chi connectivity index (χ3v) is 3.90. The van der Waals surface area contributed by atoms with Crippen molar-refractivity contribution in [1.82, 2.24) is 10.2 Å². The predicted molar refractivity (Wildman–Crippen MR) is 90.9 cm³/mol. The van der Waals surface area contributed by atoms with Crippen molar-refractivity contribution in [3.8, 4) is 0 Å². The highest BCUT2D eigenvalue weighted by atomic mass is 16.6. The number of nitrogens with one attached hydrogen (secondary N) is 1. The number of amides is 1. The number of aryl methyl sites for hydroxylation is 1. The Hall–Kier alpha value is -3.07. The summed E-state index contributed by atoms with van der Waals surface area (Å²) in [7, 11) is 0. The molecule has 9 heteroatoms. The number of nitro groups is 1. The topological polar surface area (TPSA) is 110 Å². The van der Waals surface area contributed by atoms with E-state index in [1.165, 1.54) is 12.1 Å². The van der Waals surface area contributed by atoms with Gasteiger partial charge in [-0.15, -0.1) is 10.2 Å². The minimum Gasteiger partial charge on any atom is -0.378 e. The van der Waals surface area contributed by atoms with Crippen molar-refractivity contribution in [3.05, 3.63) is 51.7 Å². The van der Waals surface area contributed by atoms with Gasteiger partial charge in [0, 0.05) is 25.2 Å². The second-order valence-electron chi connectivity index (χ2n) is 5.59. The molecule has 2 heterocycles. The van der Waals surface area contributed by atoms with Gasteiger partial charge in [0.2, 0.25) is 0 Å². The molecule has 1 aromatic heterocycles. The Morgan fingerprint density at radius 3 is 2.64 bits per heavy atom. The lowest BCUT2D eigenvalue weighted by molar-refractivity contribution is -0.384. The summed E-state index contributed by atoms with van der Waals surface area (Å²) in [6, 6.07) is 7.61. The maximum absolute atomic E-state index is 12.3. The molecule has 0 aliphatic carbocycles. The van der Waals surface area contributed by atoms with Crippen molar-refractivity contribution < 1.29 is 14.5 Å². The SMILES string of the molecule is Cc1ccc([N+](=O)[O-])cc1NC(=O)c1ccc(N2CCOCC2)nn1. The van der Waals surface area contributed by atoms with E-state index < -0.39 is 10.8 Å². The number of anilines is 2. The third-order valence-electron chi connectivity index (χ3n) is 3.90. The molecule has 0 radical (unpaired) electrons. The molecule has 2 aromatic rings. The number of morpholine rings is 1. The van der Waals surface area contributed by atoms with Gasteiger partial charge in [-0.3, -0.25) is 14.9 Å². The summed E-state index contributed by atoms with van der Waals surface area (Å²) >= 11 is 0. The molecule has 1 aliphatic rings. The number of benzene rings is 1. The molecule has 0 unspecified atom stereocenters. The van der Waals surface area contributed by atoms with Crippen molar-refractivity contribution in [1.29, 1.82) is 0 Å². The Morgan fingerprint density at radius 1 is 1.24 bits per heavy atom. The number of hydrogen-bond donors (Lipinski definition) is 1. The standard InChI is InChI=1S/C16H17N5O4/c1-11-2-3-12(21(23)24)10-14(11)17-16(22)13-4-5-15(19-18-13)20-6-8-25-9-7-20/h2-5,10H,6-9H2,1H3,(H,17,22). The van der Waals surface area contributed by atoms with Gasteiger partial charge >= 0.3 is 0 Å². The lowest BCUT2D eigenvalue weighted by atomic mass is 10.1. The van der Waals surface area contributed by atoms with E-state index in [4.69, 9.17) is 4.74 Å². The van der Waals surface area contributed by atoms with Crippen LogP contribution in [0.1, 0.15) is 16.1 Å². The van der Waals surface area contributed by atoms with E-state index in [-0.39, 0.29) is 11.4 Å². The van der Waals surface area contributed by atoms with Crippen LogP contribution in [0.25, 0.3) is 0 Å². The van der Waals surface area contributed by atoms with Gasteiger partial charge in [0.25, 0.3) is 11.6 Å². The third kappa shape index (κ3) is 3.89. The first kappa shape index (κ1) is 16.8. The van der Waals surface area contributed by atoms with Crippen LogP contribution in [0.15, 0.2) is 30.3 Å². The van der Waals surface area contributed by atoms with Gasteiger partial charge in [-0.2, -0.15) is 0 Å². The molecule has 130 valence electrons. The molecule has 25 heavy (non-hydrogen) atoms. The van der Waals surface area contributed by atoms with Crippen molar-refractivity contribution >= 4 is 23.1 Å². The monoisotopic (exact) mass is 343 g/mol. The number of carbonyl (C=O) groups is 1. The predicted octanol–water partition coefficient (Wildman–Crippen LogP) is 1.78. The molecule has 0 bridgehead atoms. The fourth-order valence-corrected chi connectivity index (χ4v) is 2.45. The Labute approximate surface area is 143 Å². The van der Waals surface area contributed by atoms with Crippen molar-refractivity contribution in [2.24, 2.45) is 0 Å². The zero-order valence-corrected chi connectivity index (χ0v) is 13.6. The minimum absolute atomic E-state index is 0.0883. The largest absolute Gasteiger partial charge is 0.378 e. The molecule has 1 N–H and O–H groups in total. The Balaban J connectivity index is 1.73. The molecule has 0 atom stereocenters. The van der Waals surface area contributed by atoms with E-state index in [1.807, 2.05) is 4.90 Å². The zero-order valence-electron chi connectivity index (χ0n) is 13.6. The first-order valence-electron chi connectivity index (χ1n) is 7.77. The number of non-ortho nitro benzene ring substituents is 1. The molecule has 1 aromatic carbocycles. The van der Waals surface area contributed by atoms with Crippen LogP contribution in [0.5, 0.6) is 0 Å². The van der Waals surface area contributed by atoms with Gasteiger partial charge < -0.3 is 15.0 Å². The molecule has 9 nitrogen and oxygen atoms in total. The molecular weight excluding hydrogens is 326 g/mol. The van der Waals surface area contributed by atoms with Crippen LogP contribution in [0.2, 0.25) is 0 Å². The molecule has 1 saturated heterocycles. The summed E-state index contributed by atoms with van der Waals surface area (Å²) in [4.78, 5) is 24.7. The minimum atomic E-state index is -0.508. The van der Waals surface area contributed by atoms with Crippen LogP contribution in [-0.4, -0.2) is 47.3 Å².